The molecule has 10 heteroatoms. The van der Waals surface area contributed by atoms with Gasteiger partial charge in [0.15, 0.2) is 0 Å². The van der Waals surface area contributed by atoms with E-state index in [4.69, 9.17) is 69.6 Å². The molecule has 0 aliphatic rings. The number of hydrogen-bond acceptors (Lipinski definition) is 3. The van der Waals surface area contributed by atoms with Gasteiger partial charge in [-0.05, 0) is 29.8 Å². The first-order valence-electron chi connectivity index (χ1n) is 7.13. The fraction of sp³-hybridized carbons (Fsp3) is 0. The molecule has 3 aromatic rings. The van der Waals surface area contributed by atoms with Crippen LogP contribution in [0.15, 0.2) is 36.5 Å². The lowest BCUT2D eigenvalue weighted by molar-refractivity contribution is -0.384. The van der Waals surface area contributed by atoms with Crippen LogP contribution in [0.4, 0.5) is 5.69 Å². The molecule has 0 atom stereocenters. The van der Waals surface area contributed by atoms with Crippen molar-refractivity contribution in [1.29, 1.82) is 0 Å². The van der Waals surface area contributed by atoms with Crippen LogP contribution in [-0.2, 0) is 0 Å². The predicted octanol–water partition coefficient (Wildman–Crippen LogP) is 8.24. The SMILES string of the molecule is O=[N+]([O-])c1cc(-c2cc(Cl)c(Cl)c(Cl)c2)cnc1-c1cc(Cl)c(Cl)c(Cl)c1. The Kier molecular flexibility index (Phi) is 6.06. The first-order valence-corrected chi connectivity index (χ1v) is 9.40. The van der Waals surface area contributed by atoms with Gasteiger partial charge in [-0.15, -0.1) is 0 Å². The van der Waals surface area contributed by atoms with E-state index >= 15 is 0 Å². The summed E-state index contributed by atoms with van der Waals surface area (Å²) in [5, 5.41) is 12.7. The van der Waals surface area contributed by atoms with Gasteiger partial charge in [0.2, 0.25) is 0 Å². The molecular formula is C17H6Cl6N2O2. The zero-order chi connectivity index (χ0) is 19.9. The summed E-state index contributed by atoms with van der Waals surface area (Å²) in [7, 11) is 0. The van der Waals surface area contributed by atoms with Crippen molar-refractivity contribution >= 4 is 75.3 Å². The molecule has 138 valence electrons. The van der Waals surface area contributed by atoms with Gasteiger partial charge < -0.3 is 0 Å². The fourth-order valence-electron chi connectivity index (χ4n) is 2.39. The Hall–Kier alpha value is -1.27. The minimum Gasteiger partial charge on any atom is -0.258 e. The molecule has 0 radical (unpaired) electrons. The number of nitro groups is 1. The number of rotatable bonds is 3. The van der Waals surface area contributed by atoms with Gasteiger partial charge in [-0.1, -0.05) is 69.6 Å². The summed E-state index contributed by atoms with van der Waals surface area (Å²) >= 11 is 36.0. The van der Waals surface area contributed by atoms with E-state index in [1.807, 2.05) is 0 Å². The van der Waals surface area contributed by atoms with Crippen molar-refractivity contribution in [3.63, 3.8) is 0 Å². The van der Waals surface area contributed by atoms with E-state index in [2.05, 4.69) is 4.98 Å². The average Bonchev–Trinajstić information content (AvgIpc) is 2.62. The van der Waals surface area contributed by atoms with Gasteiger partial charge >= 0.3 is 0 Å². The normalized spacial score (nSPS) is 10.9. The molecular weight excluding hydrogens is 477 g/mol. The lowest BCUT2D eigenvalue weighted by atomic mass is 10.0. The van der Waals surface area contributed by atoms with E-state index in [9.17, 15) is 10.1 Å². The average molecular weight is 483 g/mol. The van der Waals surface area contributed by atoms with Crippen LogP contribution in [0, 0.1) is 10.1 Å². The van der Waals surface area contributed by atoms with E-state index < -0.39 is 4.92 Å². The maximum Gasteiger partial charge on any atom is 0.296 e. The predicted molar refractivity (Wildman–Crippen MR) is 112 cm³/mol. The highest BCUT2D eigenvalue weighted by molar-refractivity contribution is 6.49. The molecule has 3 rings (SSSR count). The highest BCUT2D eigenvalue weighted by atomic mass is 35.5. The van der Waals surface area contributed by atoms with Gasteiger partial charge in [0, 0.05) is 23.4 Å². The van der Waals surface area contributed by atoms with Gasteiger partial charge in [0.05, 0.1) is 35.1 Å². The molecule has 0 amide bonds. The Labute approximate surface area is 183 Å². The highest BCUT2D eigenvalue weighted by Gasteiger charge is 2.21. The number of pyridine rings is 1. The Morgan fingerprint density at radius 2 is 1.15 bits per heavy atom. The van der Waals surface area contributed by atoms with Crippen molar-refractivity contribution < 1.29 is 4.92 Å². The Morgan fingerprint density at radius 1 is 0.704 bits per heavy atom. The van der Waals surface area contributed by atoms with Crippen molar-refractivity contribution in [1.82, 2.24) is 4.98 Å². The smallest absolute Gasteiger partial charge is 0.258 e. The van der Waals surface area contributed by atoms with Crippen molar-refractivity contribution in [3.05, 3.63) is 76.8 Å². The van der Waals surface area contributed by atoms with E-state index in [0.717, 1.165) is 0 Å². The number of nitrogens with zero attached hydrogens (tertiary/aromatic N) is 2. The number of aromatic nitrogens is 1. The molecule has 27 heavy (non-hydrogen) atoms. The lowest BCUT2D eigenvalue weighted by Crippen LogP contribution is -1.96. The van der Waals surface area contributed by atoms with Gasteiger partial charge in [0.1, 0.15) is 5.69 Å². The second-order valence-electron chi connectivity index (χ2n) is 5.36. The Balaban J connectivity index is 2.19. The summed E-state index contributed by atoms with van der Waals surface area (Å²) in [6.07, 6.45) is 1.45. The molecule has 0 bridgehead atoms. The second kappa shape index (κ2) is 8.00. The van der Waals surface area contributed by atoms with Gasteiger partial charge in [-0.3, -0.25) is 10.1 Å². The Morgan fingerprint density at radius 3 is 1.59 bits per heavy atom. The van der Waals surface area contributed by atoms with Crippen LogP contribution in [0.2, 0.25) is 30.1 Å². The van der Waals surface area contributed by atoms with Gasteiger partial charge in [0.25, 0.3) is 5.69 Å². The third-order valence-electron chi connectivity index (χ3n) is 3.64. The molecule has 2 aromatic carbocycles. The molecule has 0 saturated carbocycles. The van der Waals surface area contributed by atoms with Gasteiger partial charge in [-0.25, -0.2) is 4.98 Å². The van der Waals surface area contributed by atoms with Crippen LogP contribution in [0.5, 0.6) is 0 Å². The summed E-state index contributed by atoms with van der Waals surface area (Å²) in [6, 6.07) is 7.37. The van der Waals surface area contributed by atoms with E-state index in [-0.39, 0.29) is 41.5 Å². The quantitative estimate of drug-likeness (QED) is 0.214. The molecule has 0 N–H and O–H groups in total. The molecule has 0 spiro atoms. The van der Waals surface area contributed by atoms with Crippen molar-refractivity contribution in [2.45, 2.75) is 0 Å². The summed E-state index contributed by atoms with van der Waals surface area (Å²) in [5.41, 5.74) is 1.18. The maximum absolute atomic E-state index is 11.6. The molecule has 0 fully saturated rings. The van der Waals surface area contributed by atoms with Crippen LogP contribution in [-0.4, -0.2) is 9.91 Å². The summed E-state index contributed by atoms with van der Waals surface area (Å²) in [5.74, 6) is 0. The van der Waals surface area contributed by atoms with Crippen molar-refractivity contribution in [3.8, 4) is 22.4 Å². The van der Waals surface area contributed by atoms with Crippen LogP contribution in [0.25, 0.3) is 22.4 Å². The zero-order valence-corrected chi connectivity index (χ0v) is 17.5. The van der Waals surface area contributed by atoms with E-state index in [1.165, 1.54) is 24.4 Å². The molecule has 4 nitrogen and oxygen atoms in total. The standard InChI is InChI=1S/C17H6Cl6N2O2/c18-10-1-7(2-11(19)15(10)22)9-5-14(25(26)27)17(24-6-9)8-3-12(20)16(23)13(21)4-8/h1-6H. The van der Waals surface area contributed by atoms with Crippen molar-refractivity contribution in [2.75, 3.05) is 0 Å². The fourth-order valence-corrected chi connectivity index (χ4v) is 3.58. The van der Waals surface area contributed by atoms with Crippen LogP contribution in [0.1, 0.15) is 0 Å². The lowest BCUT2D eigenvalue weighted by Gasteiger charge is -2.09. The second-order valence-corrected chi connectivity index (χ2v) is 7.74. The summed E-state index contributed by atoms with van der Waals surface area (Å²) in [4.78, 5) is 15.3. The van der Waals surface area contributed by atoms with Crippen LogP contribution >= 0.6 is 69.6 Å². The molecule has 1 aromatic heterocycles. The highest BCUT2D eigenvalue weighted by Crippen LogP contribution is 2.40. The minimum absolute atomic E-state index is 0.0929. The molecule has 1 heterocycles. The van der Waals surface area contributed by atoms with E-state index in [1.54, 1.807) is 12.1 Å². The van der Waals surface area contributed by atoms with Crippen molar-refractivity contribution in [2.24, 2.45) is 0 Å². The maximum atomic E-state index is 11.6. The number of halogens is 6. The number of hydrogen-bond donors (Lipinski definition) is 0. The zero-order valence-electron chi connectivity index (χ0n) is 12.9. The third kappa shape index (κ3) is 4.11. The minimum atomic E-state index is -0.554. The summed E-state index contributed by atoms with van der Waals surface area (Å²) < 4.78 is 0. The van der Waals surface area contributed by atoms with E-state index in [0.29, 0.717) is 16.7 Å². The largest absolute Gasteiger partial charge is 0.296 e. The van der Waals surface area contributed by atoms with Crippen LogP contribution < -0.4 is 0 Å². The molecule has 0 aliphatic heterocycles. The van der Waals surface area contributed by atoms with Gasteiger partial charge in [-0.2, -0.15) is 0 Å². The first-order chi connectivity index (χ1) is 12.7. The summed E-state index contributed by atoms with van der Waals surface area (Å²) in [6.45, 7) is 0. The monoisotopic (exact) mass is 480 g/mol. The molecule has 0 saturated heterocycles. The topological polar surface area (TPSA) is 56.0 Å². The first kappa shape index (κ1) is 20.5. The third-order valence-corrected chi connectivity index (χ3v) is 6.03. The van der Waals surface area contributed by atoms with Crippen LogP contribution in [0.3, 0.4) is 0 Å². The number of benzene rings is 2. The molecule has 0 aliphatic carbocycles. The molecule has 0 unspecified atom stereocenters. The Bertz CT molecular complexity index is 1040.